The lowest BCUT2D eigenvalue weighted by Crippen LogP contribution is -2.24. The second-order valence-electron chi connectivity index (χ2n) is 6.71. The van der Waals surface area contributed by atoms with E-state index in [9.17, 15) is 4.79 Å². The van der Waals surface area contributed by atoms with Crippen molar-refractivity contribution in [3.05, 3.63) is 47.4 Å². The summed E-state index contributed by atoms with van der Waals surface area (Å²) in [6, 6.07) is 9.96. The van der Waals surface area contributed by atoms with E-state index in [1.807, 2.05) is 31.2 Å². The molecule has 0 radical (unpaired) electrons. The molecule has 144 valence electrons. The fraction of sp³-hybridized carbons (Fsp3) is 0.450. The van der Waals surface area contributed by atoms with Crippen molar-refractivity contribution in [2.24, 2.45) is 0 Å². The average molecular weight is 370 g/mol. The van der Waals surface area contributed by atoms with Crippen LogP contribution in [0.5, 0.6) is 5.75 Å². The summed E-state index contributed by atoms with van der Waals surface area (Å²) in [5.41, 5.74) is 2.24. The summed E-state index contributed by atoms with van der Waals surface area (Å²) in [4.78, 5) is 22.1. The largest absolute Gasteiger partial charge is 0.482 e. The van der Waals surface area contributed by atoms with Gasteiger partial charge in [0.25, 0.3) is 0 Å². The van der Waals surface area contributed by atoms with Crippen molar-refractivity contribution in [3.8, 4) is 5.75 Å². The van der Waals surface area contributed by atoms with Gasteiger partial charge in [0.2, 0.25) is 0 Å². The van der Waals surface area contributed by atoms with Gasteiger partial charge in [0.1, 0.15) is 17.4 Å². The Morgan fingerprint density at radius 2 is 2.11 bits per heavy atom. The quantitative estimate of drug-likeness (QED) is 0.738. The Morgan fingerprint density at radius 3 is 2.81 bits per heavy atom. The van der Waals surface area contributed by atoms with Gasteiger partial charge in [-0.1, -0.05) is 12.1 Å². The Kier molecular flexibility index (Phi) is 6.24. The molecule has 1 aromatic carbocycles. The molecule has 1 saturated heterocycles. The summed E-state index contributed by atoms with van der Waals surface area (Å²) in [5, 5.41) is 12.0. The number of aryl methyl sites for hydroxylation is 1. The van der Waals surface area contributed by atoms with Crippen LogP contribution in [0, 0.1) is 6.92 Å². The van der Waals surface area contributed by atoms with E-state index in [4.69, 9.17) is 9.84 Å². The fourth-order valence-corrected chi connectivity index (χ4v) is 3.45. The lowest BCUT2D eigenvalue weighted by atomic mass is 10.1. The van der Waals surface area contributed by atoms with E-state index in [-0.39, 0.29) is 12.6 Å². The van der Waals surface area contributed by atoms with Gasteiger partial charge in [-0.3, -0.25) is 4.90 Å². The Balaban J connectivity index is 1.69. The lowest BCUT2D eigenvalue weighted by molar-refractivity contribution is -0.139. The SMILES string of the molecule is CCNc1cc([C@H]2CCCN2Cc2ccc(OCC(=O)O)cc2)nc(C)n1. The van der Waals surface area contributed by atoms with Crippen molar-refractivity contribution >= 4 is 11.8 Å². The Morgan fingerprint density at radius 1 is 1.33 bits per heavy atom. The van der Waals surface area contributed by atoms with Crippen LogP contribution in [0.2, 0.25) is 0 Å². The number of rotatable bonds is 8. The molecule has 3 rings (SSSR count). The molecule has 0 bridgehead atoms. The monoisotopic (exact) mass is 370 g/mol. The van der Waals surface area contributed by atoms with Gasteiger partial charge < -0.3 is 15.2 Å². The minimum absolute atomic E-state index is 0.284. The molecule has 2 heterocycles. The van der Waals surface area contributed by atoms with Crippen LogP contribution < -0.4 is 10.1 Å². The second-order valence-corrected chi connectivity index (χ2v) is 6.71. The summed E-state index contributed by atoms with van der Waals surface area (Å²) in [5.74, 6) is 1.26. The molecule has 2 aromatic rings. The molecule has 1 fully saturated rings. The van der Waals surface area contributed by atoms with Gasteiger partial charge >= 0.3 is 5.97 Å². The number of aromatic nitrogens is 2. The summed E-state index contributed by atoms with van der Waals surface area (Å²) >= 11 is 0. The van der Waals surface area contributed by atoms with Gasteiger partial charge in [0.05, 0.1) is 11.7 Å². The highest BCUT2D eigenvalue weighted by molar-refractivity contribution is 5.68. The highest BCUT2D eigenvalue weighted by atomic mass is 16.5. The molecule has 27 heavy (non-hydrogen) atoms. The third-order valence-electron chi connectivity index (χ3n) is 4.59. The van der Waals surface area contributed by atoms with Crippen molar-refractivity contribution in [2.75, 3.05) is 25.0 Å². The van der Waals surface area contributed by atoms with Crippen molar-refractivity contribution in [1.82, 2.24) is 14.9 Å². The highest BCUT2D eigenvalue weighted by Gasteiger charge is 2.27. The van der Waals surface area contributed by atoms with E-state index in [1.165, 1.54) is 5.56 Å². The first-order chi connectivity index (χ1) is 13.0. The maximum Gasteiger partial charge on any atom is 0.341 e. The number of carboxylic acid groups (broad SMARTS) is 1. The maximum atomic E-state index is 10.6. The lowest BCUT2D eigenvalue weighted by Gasteiger charge is -2.24. The molecular weight excluding hydrogens is 344 g/mol. The van der Waals surface area contributed by atoms with E-state index in [0.29, 0.717) is 5.75 Å². The third-order valence-corrected chi connectivity index (χ3v) is 4.59. The number of likely N-dealkylation sites (tertiary alicyclic amines) is 1. The number of hydrogen-bond donors (Lipinski definition) is 2. The number of carbonyl (C=O) groups is 1. The topological polar surface area (TPSA) is 87.6 Å². The van der Waals surface area contributed by atoms with E-state index in [0.717, 1.165) is 49.8 Å². The predicted molar refractivity (Wildman–Crippen MR) is 103 cm³/mol. The molecule has 7 nitrogen and oxygen atoms in total. The fourth-order valence-electron chi connectivity index (χ4n) is 3.45. The van der Waals surface area contributed by atoms with Crippen LogP contribution in [0.4, 0.5) is 5.82 Å². The minimum atomic E-state index is -0.976. The Bertz CT molecular complexity index is 779. The Labute approximate surface area is 159 Å². The zero-order valence-corrected chi connectivity index (χ0v) is 15.8. The molecule has 1 atom stereocenters. The number of aliphatic carboxylic acids is 1. The summed E-state index contributed by atoms with van der Waals surface area (Å²) < 4.78 is 5.20. The molecule has 0 spiro atoms. The Hall–Kier alpha value is -2.67. The van der Waals surface area contributed by atoms with E-state index in [1.54, 1.807) is 0 Å². The molecule has 0 aliphatic carbocycles. The summed E-state index contributed by atoms with van der Waals surface area (Å²) in [6.07, 6.45) is 2.23. The number of hydrogen-bond acceptors (Lipinski definition) is 6. The average Bonchev–Trinajstić information content (AvgIpc) is 3.09. The number of ether oxygens (including phenoxy) is 1. The number of benzene rings is 1. The second kappa shape index (κ2) is 8.81. The number of nitrogens with one attached hydrogen (secondary N) is 1. The van der Waals surface area contributed by atoms with Gasteiger partial charge in [-0.25, -0.2) is 14.8 Å². The van der Waals surface area contributed by atoms with Gasteiger partial charge in [-0.05, 0) is 50.9 Å². The number of anilines is 1. The smallest absolute Gasteiger partial charge is 0.341 e. The normalized spacial score (nSPS) is 17.0. The first-order valence-electron chi connectivity index (χ1n) is 9.32. The summed E-state index contributed by atoms with van der Waals surface area (Å²) in [7, 11) is 0. The molecule has 2 N–H and O–H groups in total. The first-order valence-corrected chi connectivity index (χ1v) is 9.32. The van der Waals surface area contributed by atoms with Gasteiger partial charge in [0.15, 0.2) is 6.61 Å². The maximum absolute atomic E-state index is 10.6. The van der Waals surface area contributed by atoms with Gasteiger partial charge in [-0.2, -0.15) is 0 Å². The zero-order valence-electron chi connectivity index (χ0n) is 15.8. The van der Waals surface area contributed by atoms with E-state index >= 15 is 0 Å². The van der Waals surface area contributed by atoms with Crippen LogP contribution in [0.15, 0.2) is 30.3 Å². The van der Waals surface area contributed by atoms with Gasteiger partial charge in [-0.15, -0.1) is 0 Å². The molecule has 7 heteroatoms. The molecule has 0 saturated carbocycles. The number of carboxylic acids is 1. The van der Waals surface area contributed by atoms with E-state index in [2.05, 4.69) is 33.2 Å². The van der Waals surface area contributed by atoms with Crippen molar-refractivity contribution in [1.29, 1.82) is 0 Å². The van der Waals surface area contributed by atoms with Crippen LogP contribution in [-0.2, 0) is 11.3 Å². The van der Waals surface area contributed by atoms with Crippen molar-refractivity contribution in [3.63, 3.8) is 0 Å². The van der Waals surface area contributed by atoms with Crippen LogP contribution in [0.1, 0.15) is 42.9 Å². The van der Waals surface area contributed by atoms with Crippen molar-refractivity contribution < 1.29 is 14.6 Å². The molecular formula is C20H26N4O3. The standard InChI is InChI=1S/C20H26N4O3/c1-3-21-19-11-17(22-14(2)23-19)18-5-4-10-24(18)12-15-6-8-16(9-7-15)27-13-20(25)26/h6-9,11,18H,3-5,10,12-13H2,1-2H3,(H,25,26)(H,21,22,23)/t18-/m1/s1. The molecule has 1 aromatic heterocycles. The molecule has 1 aliphatic heterocycles. The zero-order chi connectivity index (χ0) is 19.2. The summed E-state index contributed by atoms with van der Waals surface area (Å²) in [6.45, 7) is 6.35. The molecule has 1 aliphatic rings. The first kappa shape index (κ1) is 19.1. The molecule has 0 amide bonds. The molecule has 0 unspecified atom stereocenters. The van der Waals surface area contributed by atoms with Crippen LogP contribution in [0.3, 0.4) is 0 Å². The van der Waals surface area contributed by atoms with Crippen LogP contribution in [0.25, 0.3) is 0 Å². The highest BCUT2D eigenvalue weighted by Crippen LogP contribution is 2.33. The van der Waals surface area contributed by atoms with Crippen LogP contribution >= 0.6 is 0 Å². The minimum Gasteiger partial charge on any atom is -0.482 e. The number of nitrogens with zero attached hydrogens (tertiary/aromatic N) is 3. The van der Waals surface area contributed by atoms with Gasteiger partial charge in [0, 0.05) is 19.2 Å². The van der Waals surface area contributed by atoms with E-state index < -0.39 is 5.97 Å². The third kappa shape index (κ3) is 5.17. The van der Waals surface area contributed by atoms with Crippen molar-refractivity contribution in [2.45, 2.75) is 39.3 Å². The predicted octanol–water partition coefficient (Wildman–Crippen LogP) is 3.02. The van der Waals surface area contributed by atoms with Crippen LogP contribution in [-0.4, -0.2) is 45.6 Å².